The van der Waals surface area contributed by atoms with Gasteiger partial charge in [0.15, 0.2) is 11.6 Å². The summed E-state index contributed by atoms with van der Waals surface area (Å²) >= 11 is 0. The summed E-state index contributed by atoms with van der Waals surface area (Å²) in [5.74, 6) is -0.419. The predicted molar refractivity (Wildman–Crippen MR) is 108 cm³/mol. The van der Waals surface area contributed by atoms with Crippen molar-refractivity contribution in [3.05, 3.63) is 88.5 Å². The van der Waals surface area contributed by atoms with Crippen LogP contribution < -0.4 is 0 Å². The van der Waals surface area contributed by atoms with E-state index in [-0.39, 0.29) is 22.9 Å². The lowest BCUT2D eigenvalue weighted by molar-refractivity contribution is 0.0979. The van der Waals surface area contributed by atoms with E-state index in [1.807, 2.05) is 13.8 Å². The van der Waals surface area contributed by atoms with Gasteiger partial charge in [-0.25, -0.2) is 0 Å². The highest BCUT2D eigenvalue weighted by Gasteiger charge is 2.31. The zero-order valence-corrected chi connectivity index (χ0v) is 15.9. The molecule has 1 aliphatic carbocycles. The van der Waals surface area contributed by atoms with Gasteiger partial charge in [-0.1, -0.05) is 62.4 Å². The number of phenols is 1. The third kappa shape index (κ3) is 3.22. The summed E-state index contributed by atoms with van der Waals surface area (Å²) in [6, 6.07) is 16.8. The summed E-state index contributed by atoms with van der Waals surface area (Å²) < 4.78 is 0. The molecule has 0 atom stereocenters. The van der Waals surface area contributed by atoms with Crippen LogP contribution >= 0.6 is 0 Å². The number of fused-ring (bicyclic) bond motifs is 2. The van der Waals surface area contributed by atoms with Crippen LogP contribution in [-0.4, -0.2) is 16.7 Å². The normalized spacial score (nSPS) is 12.2. The Morgan fingerprint density at radius 1 is 0.679 bits per heavy atom. The van der Waals surface area contributed by atoms with Gasteiger partial charge in [-0.2, -0.15) is 0 Å². The van der Waals surface area contributed by atoms with Crippen molar-refractivity contribution in [2.75, 3.05) is 0 Å². The number of aryl methyl sites for hydroxylation is 1. The Bertz CT molecular complexity index is 1100. The minimum atomic E-state index is -0.252. The maximum absolute atomic E-state index is 12.9. The number of carbonyl (C=O) groups excluding carboxylic acids is 2. The first-order chi connectivity index (χ1) is 13.6. The fraction of sp³-hybridized carbons (Fsp3) is 0.130. The number of azo groups is 1. The molecule has 3 aromatic rings. The lowest BCUT2D eigenvalue weighted by Gasteiger charge is -2.18. The van der Waals surface area contributed by atoms with E-state index in [1.165, 1.54) is 0 Å². The summed E-state index contributed by atoms with van der Waals surface area (Å²) in [4.78, 5) is 25.6. The number of carbonyl (C=O) groups is 2. The summed E-state index contributed by atoms with van der Waals surface area (Å²) in [6.45, 7) is 5.76. The average Bonchev–Trinajstić information content (AvgIpc) is 2.74. The Balaban J connectivity index is 0.00000109. The summed E-state index contributed by atoms with van der Waals surface area (Å²) in [5, 5.41) is 18.3. The molecule has 0 unspecified atom stereocenters. The molecule has 0 aliphatic heterocycles. The van der Waals surface area contributed by atoms with Crippen molar-refractivity contribution in [3.8, 4) is 5.75 Å². The zero-order chi connectivity index (χ0) is 20.3. The number of rotatable bonds is 2. The Kier molecular flexibility index (Phi) is 5.45. The van der Waals surface area contributed by atoms with Gasteiger partial charge in [0.1, 0.15) is 11.4 Å². The van der Waals surface area contributed by atoms with E-state index in [9.17, 15) is 14.7 Å². The van der Waals surface area contributed by atoms with Crippen LogP contribution in [0.2, 0.25) is 0 Å². The highest BCUT2D eigenvalue weighted by Crippen LogP contribution is 2.35. The second-order valence-corrected chi connectivity index (χ2v) is 6.05. The molecular formula is C23H20N2O3. The molecule has 0 saturated carbocycles. The fourth-order valence-corrected chi connectivity index (χ4v) is 3.04. The van der Waals surface area contributed by atoms with Crippen LogP contribution in [0.5, 0.6) is 5.75 Å². The average molecular weight is 372 g/mol. The Morgan fingerprint density at radius 3 is 1.93 bits per heavy atom. The van der Waals surface area contributed by atoms with Crippen LogP contribution in [0, 0.1) is 6.92 Å². The number of phenolic OH excluding ortho intramolecular Hbond substituents is 1. The number of ketones is 2. The molecule has 1 aliphatic rings. The van der Waals surface area contributed by atoms with Crippen LogP contribution in [0.3, 0.4) is 0 Å². The van der Waals surface area contributed by atoms with E-state index in [0.29, 0.717) is 33.6 Å². The largest absolute Gasteiger partial charge is 0.505 e. The first kappa shape index (κ1) is 19.2. The summed E-state index contributed by atoms with van der Waals surface area (Å²) in [7, 11) is 0. The molecule has 4 rings (SSSR count). The van der Waals surface area contributed by atoms with Gasteiger partial charge in [0.2, 0.25) is 0 Å². The molecule has 1 N–H and O–H groups in total. The van der Waals surface area contributed by atoms with E-state index in [1.54, 1.807) is 67.6 Å². The van der Waals surface area contributed by atoms with Crippen molar-refractivity contribution in [3.63, 3.8) is 0 Å². The van der Waals surface area contributed by atoms with E-state index < -0.39 is 0 Å². The number of benzene rings is 3. The maximum atomic E-state index is 12.9. The van der Waals surface area contributed by atoms with Gasteiger partial charge >= 0.3 is 0 Å². The van der Waals surface area contributed by atoms with Gasteiger partial charge in [-0.3, -0.25) is 9.59 Å². The van der Waals surface area contributed by atoms with E-state index in [4.69, 9.17) is 0 Å². The lowest BCUT2D eigenvalue weighted by atomic mass is 9.83. The van der Waals surface area contributed by atoms with E-state index in [0.717, 1.165) is 0 Å². The molecule has 28 heavy (non-hydrogen) atoms. The van der Waals surface area contributed by atoms with Gasteiger partial charge < -0.3 is 5.11 Å². The minimum Gasteiger partial charge on any atom is -0.505 e. The van der Waals surface area contributed by atoms with Crippen molar-refractivity contribution < 1.29 is 14.7 Å². The smallest absolute Gasteiger partial charge is 0.196 e. The molecule has 5 nitrogen and oxygen atoms in total. The van der Waals surface area contributed by atoms with E-state index in [2.05, 4.69) is 10.2 Å². The van der Waals surface area contributed by atoms with Gasteiger partial charge in [0.25, 0.3) is 0 Å². The third-order valence-electron chi connectivity index (χ3n) is 4.41. The van der Waals surface area contributed by atoms with Crippen molar-refractivity contribution in [1.82, 2.24) is 0 Å². The third-order valence-corrected chi connectivity index (χ3v) is 4.41. The molecule has 5 heteroatoms. The van der Waals surface area contributed by atoms with Gasteiger partial charge in [0.05, 0.1) is 11.3 Å². The van der Waals surface area contributed by atoms with Gasteiger partial charge in [0, 0.05) is 16.7 Å². The molecule has 0 spiro atoms. The number of hydrogen-bond acceptors (Lipinski definition) is 5. The molecule has 140 valence electrons. The quantitative estimate of drug-likeness (QED) is 0.444. The fourth-order valence-electron chi connectivity index (χ4n) is 3.04. The second kappa shape index (κ2) is 7.96. The van der Waals surface area contributed by atoms with Crippen LogP contribution in [0.4, 0.5) is 11.4 Å². The predicted octanol–water partition coefficient (Wildman–Crippen LogP) is 5.92. The first-order valence-corrected chi connectivity index (χ1v) is 9.09. The molecule has 3 aromatic carbocycles. The Morgan fingerprint density at radius 2 is 1.21 bits per heavy atom. The molecular weight excluding hydrogens is 352 g/mol. The van der Waals surface area contributed by atoms with Gasteiger partial charge in [-0.15, -0.1) is 10.2 Å². The van der Waals surface area contributed by atoms with Crippen molar-refractivity contribution >= 4 is 22.9 Å². The number of aromatic hydroxyl groups is 1. The number of hydrogen-bond donors (Lipinski definition) is 1. The molecule has 0 aromatic heterocycles. The number of nitrogens with zero attached hydrogens (tertiary/aromatic N) is 2. The monoisotopic (exact) mass is 372 g/mol. The maximum Gasteiger partial charge on any atom is 0.196 e. The molecule has 0 radical (unpaired) electrons. The van der Waals surface area contributed by atoms with Crippen LogP contribution in [0.15, 0.2) is 70.9 Å². The number of para-hydroxylation sites is 1. The van der Waals surface area contributed by atoms with Crippen molar-refractivity contribution in [2.24, 2.45) is 10.2 Å². The summed E-state index contributed by atoms with van der Waals surface area (Å²) in [6.07, 6.45) is 0. The lowest BCUT2D eigenvalue weighted by Crippen LogP contribution is -2.20. The Hall–Kier alpha value is -3.60. The second-order valence-electron chi connectivity index (χ2n) is 6.05. The highest BCUT2D eigenvalue weighted by molar-refractivity contribution is 6.29. The van der Waals surface area contributed by atoms with Crippen LogP contribution in [0.1, 0.15) is 51.3 Å². The first-order valence-electron chi connectivity index (χ1n) is 9.09. The summed E-state index contributed by atoms with van der Waals surface area (Å²) in [5.41, 5.74) is 2.61. The topological polar surface area (TPSA) is 79.1 Å². The van der Waals surface area contributed by atoms with Gasteiger partial charge in [-0.05, 0) is 24.6 Å². The standard InChI is InChI=1S/C21H14N2O3.C2H6/c1-12-6-4-11-17(19(12)24)23-22-16-10-5-9-15-18(16)21(26)14-8-3-2-7-13(14)20(15)25;1-2/h2-11,24H,1H3;1-2H3. The molecule has 0 bridgehead atoms. The molecule has 0 amide bonds. The molecule has 0 saturated heterocycles. The van der Waals surface area contributed by atoms with Crippen LogP contribution in [-0.2, 0) is 0 Å². The van der Waals surface area contributed by atoms with E-state index >= 15 is 0 Å². The molecule has 0 heterocycles. The minimum absolute atomic E-state index is 0.0359. The SMILES string of the molecule is CC.Cc1cccc(N=Nc2cccc3c2C(=O)c2ccccc2C3=O)c1O. The van der Waals surface area contributed by atoms with Crippen molar-refractivity contribution in [2.45, 2.75) is 20.8 Å². The molecule has 0 fully saturated rings. The van der Waals surface area contributed by atoms with Crippen LogP contribution in [0.25, 0.3) is 0 Å². The zero-order valence-electron chi connectivity index (χ0n) is 15.9. The van der Waals surface area contributed by atoms with Crippen molar-refractivity contribution in [1.29, 1.82) is 0 Å². The Labute approximate surface area is 163 Å². The highest BCUT2D eigenvalue weighted by atomic mass is 16.3.